The van der Waals surface area contributed by atoms with E-state index in [2.05, 4.69) is 60.7 Å². The van der Waals surface area contributed by atoms with E-state index in [1.54, 1.807) is 30.2 Å². The lowest BCUT2D eigenvalue weighted by molar-refractivity contribution is -0.137. The van der Waals surface area contributed by atoms with Crippen LogP contribution in [0.4, 0.5) is 5.82 Å². The summed E-state index contributed by atoms with van der Waals surface area (Å²) >= 11 is 0. The number of hydrogen-bond donors (Lipinski definition) is 2. The van der Waals surface area contributed by atoms with E-state index in [9.17, 15) is 9.59 Å². The molecule has 36 heavy (non-hydrogen) atoms. The van der Waals surface area contributed by atoms with E-state index in [0.29, 0.717) is 24.7 Å². The van der Waals surface area contributed by atoms with Crippen LogP contribution in [0.15, 0.2) is 72.9 Å². The first-order valence-electron chi connectivity index (χ1n) is 12.4. The van der Waals surface area contributed by atoms with E-state index in [1.807, 2.05) is 30.3 Å². The lowest BCUT2D eigenvalue weighted by Crippen LogP contribution is -2.55. The van der Waals surface area contributed by atoms with Gasteiger partial charge in [-0.25, -0.2) is 4.98 Å². The van der Waals surface area contributed by atoms with Crippen molar-refractivity contribution in [1.29, 1.82) is 0 Å². The van der Waals surface area contributed by atoms with Gasteiger partial charge in [-0.3, -0.25) is 14.9 Å². The van der Waals surface area contributed by atoms with Crippen LogP contribution in [0.2, 0.25) is 0 Å². The summed E-state index contributed by atoms with van der Waals surface area (Å²) in [4.78, 5) is 30.8. The van der Waals surface area contributed by atoms with Crippen molar-refractivity contribution in [2.24, 2.45) is 0 Å². The van der Waals surface area contributed by atoms with Gasteiger partial charge in [0.25, 0.3) is 0 Å². The first-order valence-corrected chi connectivity index (χ1v) is 12.4. The van der Waals surface area contributed by atoms with Gasteiger partial charge in [0.15, 0.2) is 0 Å². The third-order valence-electron chi connectivity index (χ3n) is 6.76. The molecule has 0 spiro atoms. The fraction of sp³-hybridized carbons (Fsp3) is 0.345. The molecule has 1 saturated heterocycles. The first-order chi connectivity index (χ1) is 17.3. The van der Waals surface area contributed by atoms with Crippen molar-refractivity contribution >= 4 is 17.6 Å². The highest BCUT2D eigenvalue weighted by molar-refractivity contribution is 5.94. The van der Waals surface area contributed by atoms with Crippen molar-refractivity contribution in [3.8, 4) is 5.75 Å². The minimum absolute atomic E-state index is 0.0280. The number of carbonyl (C=O) groups is 2. The van der Waals surface area contributed by atoms with Gasteiger partial charge in [-0.1, -0.05) is 67.1 Å². The number of aryl methyl sites for hydroxylation is 1. The van der Waals surface area contributed by atoms with E-state index in [4.69, 9.17) is 4.74 Å². The summed E-state index contributed by atoms with van der Waals surface area (Å²) in [5.41, 5.74) is 3.34. The summed E-state index contributed by atoms with van der Waals surface area (Å²) in [5, 5.41) is 6.48. The van der Waals surface area contributed by atoms with Crippen LogP contribution in [0, 0.1) is 6.92 Å². The molecule has 2 aromatic carbocycles. The third kappa shape index (κ3) is 6.29. The van der Waals surface area contributed by atoms with Crippen molar-refractivity contribution in [2.75, 3.05) is 18.4 Å². The second kappa shape index (κ2) is 11.4. The number of nitrogens with one attached hydrogen (secondary N) is 2. The average molecular weight is 487 g/mol. The summed E-state index contributed by atoms with van der Waals surface area (Å²) in [7, 11) is 0. The van der Waals surface area contributed by atoms with Gasteiger partial charge >= 0.3 is 0 Å². The van der Waals surface area contributed by atoms with E-state index in [0.717, 1.165) is 5.56 Å². The molecule has 2 N–H and O–H groups in total. The highest BCUT2D eigenvalue weighted by Gasteiger charge is 2.30. The average Bonchev–Trinajstić information content (AvgIpc) is 2.85. The maximum atomic E-state index is 13.4. The van der Waals surface area contributed by atoms with E-state index >= 15 is 0 Å². The normalized spacial score (nSPS) is 15.9. The van der Waals surface area contributed by atoms with Gasteiger partial charge < -0.3 is 15.0 Å². The summed E-state index contributed by atoms with van der Waals surface area (Å²) in [5.74, 6) is 1.15. The number of ether oxygens (including phenoxy) is 1. The zero-order chi connectivity index (χ0) is 25.7. The van der Waals surface area contributed by atoms with Crippen LogP contribution in [0.5, 0.6) is 5.75 Å². The van der Waals surface area contributed by atoms with Crippen LogP contribution < -0.4 is 15.4 Å². The number of pyridine rings is 1. The lowest BCUT2D eigenvalue weighted by Gasteiger charge is -2.38. The Kier molecular flexibility index (Phi) is 8.00. The standard InChI is InChI=1S/C29H34N4O3/c1-19-10-12-23(13-11-19)20(2)21(3)31-28(24-8-6-5-7-9-24)29(35)32-27-15-14-25(16-30-27)36-26-17-33(18-26)22(4)34/h5-16,20-21,26,28,31H,17-18H2,1-4H3,(H,30,32,35)/t20-,21?,28+/m1/s1. The summed E-state index contributed by atoms with van der Waals surface area (Å²) in [6.45, 7) is 9.06. The van der Waals surface area contributed by atoms with Crippen LogP contribution >= 0.6 is 0 Å². The molecule has 0 radical (unpaired) electrons. The number of rotatable bonds is 9. The van der Waals surface area contributed by atoms with Crippen molar-refractivity contribution < 1.29 is 14.3 Å². The maximum Gasteiger partial charge on any atom is 0.247 e. The summed E-state index contributed by atoms with van der Waals surface area (Å²) in [6, 6.07) is 21.2. The number of anilines is 1. The predicted molar refractivity (Wildman–Crippen MR) is 141 cm³/mol. The Morgan fingerprint density at radius 1 is 0.972 bits per heavy atom. The minimum Gasteiger partial charge on any atom is -0.485 e. The fourth-order valence-corrected chi connectivity index (χ4v) is 4.22. The van der Waals surface area contributed by atoms with Crippen molar-refractivity contribution in [3.63, 3.8) is 0 Å². The molecule has 2 amide bonds. The minimum atomic E-state index is -0.542. The number of hydrogen-bond acceptors (Lipinski definition) is 5. The molecule has 2 heterocycles. The number of carbonyl (C=O) groups excluding carboxylic acids is 2. The predicted octanol–water partition coefficient (Wildman–Crippen LogP) is 4.46. The molecule has 3 aromatic rings. The Morgan fingerprint density at radius 2 is 1.67 bits per heavy atom. The topological polar surface area (TPSA) is 83.6 Å². The number of benzene rings is 2. The molecule has 1 aliphatic rings. The molecule has 188 valence electrons. The van der Waals surface area contributed by atoms with Crippen LogP contribution in [-0.2, 0) is 9.59 Å². The molecular formula is C29H34N4O3. The third-order valence-corrected chi connectivity index (χ3v) is 6.76. The van der Waals surface area contributed by atoms with Gasteiger partial charge in [-0.05, 0) is 43.0 Å². The highest BCUT2D eigenvalue weighted by atomic mass is 16.5. The maximum absolute atomic E-state index is 13.4. The van der Waals surface area contributed by atoms with Gasteiger partial charge in [0.05, 0.1) is 19.3 Å². The van der Waals surface area contributed by atoms with Gasteiger partial charge in [0.2, 0.25) is 11.8 Å². The summed E-state index contributed by atoms with van der Waals surface area (Å²) in [6.07, 6.45) is 1.57. The number of amides is 2. The fourth-order valence-electron chi connectivity index (χ4n) is 4.22. The Hall–Kier alpha value is -3.71. The van der Waals surface area contributed by atoms with Crippen molar-refractivity contribution in [3.05, 3.63) is 89.6 Å². The molecule has 0 saturated carbocycles. The van der Waals surface area contributed by atoms with Crippen LogP contribution in [0.25, 0.3) is 0 Å². The van der Waals surface area contributed by atoms with E-state index < -0.39 is 6.04 Å². The quantitative estimate of drug-likeness (QED) is 0.467. The monoisotopic (exact) mass is 486 g/mol. The Morgan fingerprint density at radius 3 is 2.28 bits per heavy atom. The van der Waals surface area contributed by atoms with Gasteiger partial charge in [0.1, 0.15) is 23.7 Å². The van der Waals surface area contributed by atoms with Gasteiger partial charge in [-0.2, -0.15) is 0 Å². The second-order valence-corrected chi connectivity index (χ2v) is 9.53. The molecule has 4 rings (SSSR count). The number of nitrogens with zero attached hydrogens (tertiary/aromatic N) is 2. The van der Waals surface area contributed by atoms with E-state index in [1.165, 1.54) is 11.1 Å². The van der Waals surface area contributed by atoms with Crippen LogP contribution in [0.3, 0.4) is 0 Å². The Balaban J connectivity index is 1.41. The number of aromatic nitrogens is 1. The molecule has 3 atom stereocenters. The molecule has 1 fully saturated rings. The molecule has 7 heteroatoms. The highest BCUT2D eigenvalue weighted by Crippen LogP contribution is 2.24. The van der Waals surface area contributed by atoms with Crippen LogP contribution in [0.1, 0.15) is 49.4 Å². The van der Waals surface area contributed by atoms with E-state index in [-0.39, 0.29) is 29.9 Å². The zero-order valence-corrected chi connectivity index (χ0v) is 21.3. The zero-order valence-electron chi connectivity index (χ0n) is 21.3. The molecule has 1 aliphatic heterocycles. The van der Waals surface area contributed by atoms with Gasteiger partial charge in [-0.15, -0.1) is 0 Å². The number of likely N-dealkylation sites (tertiary alicyclic amines) is 1. The molecule has 0 bridgehead atoms. The molecule has 1 unspecified atom stereocenters. The first kappa shape index (κ1) is 25.4. The molecule has 0 aliphatic carbocycles. The Bertz CT molecular complexity index is 1160. The van der Waals surface area contributed by atoms with Gasteiger partial charge in [0, 0.05) is 13.0 Å². The SMILES string of the molecule is CC(=O)N1CC(Oc2ccc(NC(=O)[C@@H](NC(C)[C@@H](C)c3ccc(C)cc3)c3ccccc3)nc2)C1. The van der Waals surface area contributed by atoms with Crippen molar-refractivity contribution in [2.45, 2.75) is 51.8 Å². The Labute approximate surface area is 212 Å². The van der Waals surface area contributed by atoms with Crippen molar-refractivity contribution in [1.82, 2.24) is 15.2 Å². The molecular weight excluding hydrogens is 452 g/mol. The molecule has 1 aromatic heterocycles. The largest absolute Gasteiger partial charge is 0.485 e. The summed E-state index contributed by atoms with van der Waals surface area (Å²) < 4.78 is 5.85. The second-order valence-electron chi connectivity index (χ2n) is 9.53. The van der Waals surface area contributed by atoms with Crippen LogP contribution in [-0.4, -0.2) is 46.9 Å². The smallest absolute Gasteiger partial charge is 0.247 e. The lowest BCUT2D eigenvalue weighted by atomic mass is 9.92. The molecule has 7 nitrogen and oxygen atoms in total.